The van der Waals surface area contributed by atoms with Crippen LogP contribution in [0.5, 0.6) is 0 Å². The van der Waals surface area contributed by atoms with Crippen LogP contribution < -0.4 is 0 Å². The molecule has 0 aliphatic carbocycles. The smallest absolute Gasteiger partial charge is 0.144 e. The number of hydrogen-bond donors (Lipinski definition) is 1. The van der Waals surface area contributed by atoms with Gasteiger partial charge >= 0.3 is 0 Å². The number of H-pyrrole nitrogens is 1. The quantitative estimate of drug-likeness (QED) is 0.686. The van der Waals surface area contributed by atoms with Gasteiger partial charge in [-0.2, -0.15) is 5.10 Å². The highest BCUT2D eigenvalue weighted by atomic mass is 16.1. The highest BCUT2D eigenvalue weighted by molar-refractivity contribution is 5.64. The number of fused-ring (bicyclic) bond motifs is 1. The van der Waals surface area contributed by atoms with E-state index in [0.717, 1.165) is 30.6 Å². The van der Waals surface area contributed by atoms with Crippen LogP contribution in [0.1, 0.15) is 28.6 Å². The maximum atomic E-state index is 10.6. The number of benzene rings is 1. The number of carbonyl (C=O) groups excluding carboxylic acids is 1. The average molecular weight is 267 g/mol. The number of aldehydes is 1. The molecule has 1 unspecified atom stereocenters. The molecule has 1 aromatic heterocycles. The van der Waals surface area contributed by atoms with Crippen LogP contribution in [-0.2, 0) is 11.2 Å². The Hall–Kier alpha value is -2.36. The van der Waals surface area contributed by atoms with Crippen molar-refractivity contribution in [1.82, 2.24) is 15.1 Å². The van der Waals surface area contributed by atoms with E-state index < -0.39 is 0 Å². The Morgan fingerprint density at radius 3 is 3.00 bits per heavy atom. The van der Waals surface area contributed by atoms with Crippen LogP contribution in [0.25, 0.3) is 0 Å². The minimum atomic E-state index is 0.0948. The molecule has 0 fully saturated rings. The standard InChI is InChI=1S/C16H17N3O/c1-12-11-15(18-17-12)16-14-6-3-2-5-13(14)7-9-19(16)8-4-10-20/h2-6,8,10-11,16H,7,9H2,1H3,(H,17,18). The topological polar surface area (TPSA) is 49.0 Å². The van der Waals surface area contributed by atoms with Crippen molar-refractivity contribution < 1.29 is 4.79 Å². The first-order chi connectivity index (χ1) is 9.79. The number of aromatic amines is 1. The molecule has 0 bridgehead atoms. The molecule has 2 aromatic rings. The largest absolute Gasteiger partial charge is 0.364 e. The molecular formula is C16H17N3O. The van der Waals surface area contributed by atoms with Gasteiger partial charge in [0, 0.05) is 12.7 Å². The number of rotatable bonds is 3. The summed E-state index contributed by atoms with van der Waals surface area (Å²) in [5, 5.41) is 7.34. The number of nitrogens with zero attached hydrogens (tertiary/aromatic N) is 2. The van der Waals surface area contributed by atoms with E-state index in [1.807, 2.05) is 13.1 Å². The second kappa shape index (κ2) is 5.33. The predicted octanol–water partition coefficient (Wildman–Crippen LogP) is 2.38. The highest BCUT2D eigenvalue weighted by Gasteiger charge is 2.27. The molecule has 1 aliphatic rings. The van der Waals surface area contributed by atoms with Crippen molar-refractivity contribution in [2.75, 3.05) is 6.54 Å². The Morgan fingerprint density at radius 1 is 1.40 bits per heavy atom. The number of hydrogen-bond acceptors (Lipinski definition) is 3. The summed E-state index contributed by atoms with van der Waals surface area (Å²) in [6.45, 7) is 2.87. The van der Waals surface area contributed by atoms with Crippen LogP contribution in [0.15, 0.2) is 42.6 Å². The SMILES string of the molecule is Cc1cc(C2c3ccccc3CCN2C=CC=O)[nH]n1. The molecule has 0 saturated carbocycles. The molecule has 4 nitrogen and oxygen atoms in total. The third kappa shape index (κ3) is 2.25. The molecule has 1 atom stereocenters. The summed E-state index contributed by atoms with van der Waals surface area (Å²) in [6, 6.07) is 10.6. The lowest BCUT2D eigenvalue weighted by Crippen LogP contribution is -2.32. The molecule has 0 spiro atoms. The predicted molar refractivity (Wildman–Crippen MR) is 77.2 cm³/mol. The molecule has 2 heterocycles. The van der Waals surface area contributed by atoms with Gasteiger partial charge < -0.3 is 4.90 Å². The van der Waals surface area contributed by atoms with Crippen LogP contribution in [-0.4, -0.2) is 27.9 Å². The summed E-state index contributed by atoms with van der Waals surface area (Å²) in [7, 11) is 0. The molecule has 1 N–H and O–H groups in total. The van der Waals surface area contributed by atoms with E-state index in [-0.39, 0.29) is 6.04 Å². The first-order valence-electron chi connectivity index (χ1n) is 6.77. The number of nitrogens with one attached hydrogen (secondary N) is 1. The Labute approximate surface area is 118 Å². The zero-order valence-corrected chi connectivity index (χ0v) is 11.4. The second-order valence-electron chi connectivity index (χ2n) is 5.03. The van der Waals surface area contributed by atoms with Gasteiger partial charge in [-0.05, 0) is 36.6 Å². The molecule has 102 valence electrons. The number of allylic oxidation sites excluding steroid dienone is 1. The summed E-state index contributed by atoms with van der Waals surface area (Å²) in [5.41, 5.74) is 4.67. The highest BCUT2D eigenvalue weighted by Crippen LogP contribution is 2.34. The Kier molecular flexibility index (Phi) is 3.37. The third-order valence-electron chi connectivity index (χ3n) is 3.70. The van der Waals surface area contributed by atoms with Crippen molar-refractivity contribution in [1.29, 1.82) is 0 Å². The van der Waals surface area contributed by atoms with Crippen LogP contribution in [0.2, 0.25) is 0 Å². The monoisotopic (exact) mass is 267 g/mol. The zero-order valence-electron chi connectivity index (χ0n) is 11.4. The zero-order chi connectivity index (χ0) is 13.9. The van der Waals surface area contributed by atoms with Gasteiger partial charge in [-0.3, -0.25) is 9.89 Å². The summed E-state index contributed by atoms with van der Waals surface area (Å²) in [6.07, 6.45) is 5.21. The maximum absolute atomic E-state index is 10.6. The van der Waals surface area contributed by atoms with E-state index in [1.54, 1.807) is 6.08 Å². The van der Waals surface area contributed by atoms with E-state index in [9.17, 15) is 4.79 Å². The van der Waals surface area contributed by atoms with E-state index in [4.69, 9.17) is 0 Å². The third-order valence-corrected chi connectivity index (χ3v) is 3.70. The van der Waals surface area contributed by atoms with E-state index in [1.165, 1.54) is 11.1 Å². The summed E-state index contributed by atoms with van der Waals surface area (Å²) >= 11 is 0. The van der Waals surface area contributed by atoms with Crippen molar-refractivity contribution in [2.45, 2.75) is 19.4 Å². The molecule has 0 saturated heterocycles. The number of aryl methyl sites for hydroxylation is 1. The Morgan fingerprint density at radius 2 is 2.25 bits per heavy atom. The molecule has 0 radical (unpaired) electrons. The normalized spacial score (nSPS) is 18.2. The van der Waals surface area contributed by atoms with Gasteiger partial charge in [0.1, 0.15) is 6.29 Å². The van der Waals surface area contributed by atoms with Crippen molar-refractivity contribution in [2.24, 2.45) is 0 Å². The first kappa shape index (κ1) is 12.7. The molecule has 1 aromatic carbocycles. The van der Waals surface area contributed by atoms with Gasteiger partial charge in [-0.1, -0.05) is 24.3 Å². The van der Waals surface area contributed by atoms with E-state index in [2.05, 4.69) is 45.4 Å². The average Bonchev–Trinajstić information content (AvgIpc) is 2.90. The van der Waals surface area contributed by atoms with Crippen molar-refractivity contribution >= 4 is 6.29 Å². The van der Waals surface area contributed by atoms with Crippen LogP contribution in [0, 0.1) is 6.92 Å². The van der Waals surface area contributed by atoms with Crippen molar-refractivity contribution in [3.05, 3.63) is 65.1 Å². The lowest BCUT2D eigenvalue weighted by Gasteiger charge is -2.36. The molecule has 4 heteroatoms. The molecule has 1 aliphatic heterocycles. The fourth-order valence-electron chi connectivity index (χ4n) is 2.82. The summed E-state index contributed by atoms with van der Waals surface area (Å²) < 4.78 is 0. The fraction of sp³-hybridized carbons (Fsp3) is 0.250. The Balaban J connectivity index is 2.07. The van der Waals surface area contributed by atoms with Crippen LogP contribution in [0.3, 0.4) is 0 Å². The van der Waals surface area contributed by atoms with Crippen LogP contribution in [0.4, 0.5) is 0 Å². The van der Waals surface area contributed by atoms with E-state index >= 15 is 0 Å². The second-order valence-corrected chi connectivity index (χ2v) is 5.03. The fourth-order valence-corrected chi connectivity index (χ4v) is 2.82. The maximum Gasteiger partial charge on any atom is 0.144 e. The van der Waals surface area contributed by atoms with Gasteiger partial charge in [0.15, 0.2) is 0 Å². The summed E-state index contributed by atoms with van der Waals surface area (Å²) in [5.74, 6) is 0. The minimum Gasteiger partial charge on any atom is -0.364 e. The molecule has 20 heavy (non-hydrogen) atoms. The lowest BCUT2D eigenvalue weighted by molar-refractivity contribution is -0.104. The molecular weight excluding hydrogens is 250 g/mol. The van der Waals surface area contributed by atoms with Crippen molar-refractivity contribution in [3.8, 4) is 0 Å². The summed E-state index contributed by atoms with van der Waals surface area (Å²) in [4.78, 5) is 12.8. The van der Waals surface area contributed by atoms with E-state index in [0.29, 0.717) is 0 Å². The van der Waals surface area contributed by atoms with Crippen LogP contribution >= 0.6 is 0 Å². The van der Waals surface area contributed by atoms with Gasteiger partial charge in [0.05, 0.1) is 17.4 Å². The molecule has 0 amide bonds. The Bertz CT molecular complexity index is 645. The number of carbonyl (C=O) groups is 1. The van der Waals surface area contributed by atoms with Crippen molar-refractivity contribution in [3.63, 3.8) is 0 Å². The van der Waals surface area contributed by atoms with Gasteiger partial charge in [-0.25, -0.2) is 0 Å². The van der Waals surface area contributed by atoms with Gasteiger partial charge in [0.2, 0.25) is 0 Å². The minimum absolute atomic E-state index is 0.0948. The first-order valence-corrected chi connectivity index (χ1v) is 6.77. The van der Waals surface area contributed by atoms with Gasteiger partial charge in [-0.15, -0.1) is 0 Å². The van der Waals surface area contributed by atoms with Gasteiger partial charge in [0.25, 0.3) is 0 Å². The number of aromatic nitrogens is 2. The molecule has 3 rings (SSSR count). The lowest BCUT2D eigenvalue weighted by atomic mass is 9.91.